The quantitative estimate of drug-likeness (QED) is 0.446. The number of benzene rings is 3. The predicted molar refractivity (Wildman–Crippen MR) is 93.7 cm³/mol. The standard InChI is InChI=1S/C12H7NO3.C6H6O3S/c14-8-5-6-3-1-2-4-7(6)9-10(8)12(16)13-11(9)15;7-10(8,9)6-4-2-1-3-5-6/h1-5,14H,(H,13,15,16);1-5H,(H,7,8,9). The van der Waals surface area contributed by atoms with Gasteiger partial charge in [0.05, 0.1) is 16.0 Å². The molecule has 1 aliphatic heterocycles. The lowest BCUT2D eigenvalue weighted by Gasteiger charge is -2.04. The fourth-order valence-corrected chi connectivity index (χ4v) is 3.12. The summed E-state index contributed by atoms with van der Waals surface area (Å²) < 4.78 is 29.2. The third-order valence-corrected chi connectivity index (χ3v) is 4.62. The molecule has 0 aliphatic carbocycles. The van der Waals surface area contributed by atoms with Gasteiger partial charge >= 0.3 is 0 Å². The zero-order valence-electron chi connectivity index (χ0n) is 13.2. The Kier molecular flexibility index (Phi) is 4.45. The highest BCUT2D eigenvalue weighted by Gasteiger charge is 2.31. The molecule has 3 aromatic carbocycles. The number of hydrogen-bond donors (Lipinski definition) is 3. The summed E-state index contributed by atoms with van der Waals surface area (Å²) in [4.78, 5) is 23.0. The number of rotatable bonds is 1. The molecule has 0 saturated carbocycles. The summed E-state index contributed by atoms with van der Waals surface area (Å²) in [5.74, 6) is -1.15. The SMILES string of the molecule is O=C1NC(=O)c2c1c(O)cc1ccccc21.O=S(=O)(O)c1ccccc1. The third-order valence-electron chi connectivity index (χ3n) is 3.75. The van der Waals surface area contributed by atoms with Crippen LogP contribution < -0.4 is 5.32 Å². The average molecular weight is 371 g/mol. The molecular weight excluding hydrogens is 358 g/mol. The van der Waals surface area contributed by atoms with E-state index in [0.717, 1.165) is 5.39 Å². The van der Waals surface area contributed by atoms with Gasteiger partial charge in [-0.05, 0) is 29.0 Å². The Bertz CT molecular complexity index is 1120. The Hall–Kier alpha value is -3.23. The van der Waals surface area contributed by atoms with Crippen molar-refractivity contribution in [3.8, 4) is 5.75 Å². The second-order valence-corrected chi connectivity index (χ2v) is 6.86. The van der Waals surface area contributed by atoms with Crippen LogP contribution in [-0.4, -0.2) is 29.9 Å². The zero-order chi connectivity index (χ0) is 18.9. The molecule has 0 fully saturated rings. The molecule has 0 bridgehead atoms. The Morgan fingerprint density at radius 2 is 1.38 bits per heavy atom. The van der Waals surface area contributed by atoms with Crippen LogP contribution in [0.25, 0.3) is 10.8 Å². The van der Waals surface area contributed by atoms with Crippen molar-refractivity contribution >= 4 is 32.7 Å². The first-order valence-electron chi connectivity index (χ1n) is 7.42. The van der Waals surface area contributed by atoms with Crippen molar-refractivity contribution in [1.82, 2.24) is 5.32 Å². The summed E-state index contributed by atoms with van der Waals surface area (Å²) in [6.45, 7) is 0. The van der Waals surface area contributed by atoms with Gasteiger partial charge in [-0.2, -0.15) is 8.42 Å². The molecule has 1 aliphatic rings. The van der Waals surface area contributed by atoms with Gasteiger partial charge in [0.1, 0.15) is 5.75 Å². The van der Waals surface area contributed by atoms with Gasteiger partial charge in [-0.15, -0.1) is 0 Å². The van der Waals surface area contributed by atoms with Crippen molar-refractivity contribution in [2.24, 2.45) is 0 Å². The number of carbonyl (C=O) groups excluding carboxylic acids is 2. The maximum atomic E-state index is 11.6. The minimum atomic E-state index is -4.00. The van der Waals surface area contributed by atoms with Crippen molar-refractivity contribution in [3.05, 3.63) is 71.8 Å². The fourth-order valence-electron chi connectivity index (χ4n) is 2.62. The predicted octanol–water partition coefficient (Wildman–Crippen LogP) is 2.36. The normalized spacial score (nSPS) is 13.0. The van der Waals surface area contributed by atoms with Crippen LogP contribution in [0.4, 0.5) is 0 Å². The number of fused-ring (bicyclic) bond motifs is 3. The van der Waals surface area contributed by atoms with Gasteiger partial charge < -0.3 is 5.11 Å². The first-order chi connectivity index (χ1) is 12.3. The van der Waals surface area contributed by atoms with Crippen molar-refractivity contribution in [3.63, 3.8) is 0 Å². The van der Waals surface area contributed by atoms with Crippen LogP contribution in [0.3, 0.4) is 0 Å². The van der Waals surface area contributed by atoms with Crippen LogP contribution in [0.2, 0.25) is 0 Å². The molecule has 132 valence electrons. The summed E-state index contributed by atoms with van der Waals surface area (Å²) >= 11 is 0. The molecule has 26 heavy (non-hydrogen) atoms. The maximum Gasteiger partial charge on any atom is 0.294 e. The molecule has 0 atom stereocenters. The van der Waals surface area contributed by atoms with Crippen LogP contribution in [0.15, 0.2) is 65.6 Å². The highest BCUT2D eigenvalue weighted by Crippen LogP contribution is 2.32. The second-order valence-electron chi connectivity index (χ2n) is 5.44. The number of carbonyl (C=O) groups is 2. The van der Waals surface area contributed by atoms with E-state index in [0.29, 0.717) is 5.39 Å². The van der Waals surface area contributed by atoms with Crippen LogP contribution in [0.1, 0.15) is 20.7 Å². The smallest absolute Gasteiger partial charge is 0.294 e. The molecule has 0 saturated heterocycles. The highest BCUT2D eigenvalue weighted by atomic mass is 32.2. The number of phenols is 1. The second kappa shape index (κ2) is 6.58. The number of nitrogens with one attached hydrogen (secondary N) is 1. The minimum absolute atomic E-state index is 0.0729. The summed E-state index contributed by atoms with van der Waals surface area (Å²) in [5, 5.41) is 13.3. The molecule has 0 unspecified atom stereocenters. The molecule has 1 heterocycles. The van der Waals surface area contributed by atoms with Crippen LogP contribution >= 0.6 is 0 Å². The fraction of sp³-hybridized carbons (Fsp3) is 0. The summed E-state index contributed by atoms with van der Waals surface area (Å²) in [6.07, 6.45) is 0. The maximum absolute atomic E-state index is 11.6. The van der Waals surface area contributed by atoms with E-state index < -0.39 is 21.9 Å². The molecule has 4 rings (SSSR count). The largest absolute Gasteiger partial charge is 0.507 e. The molecule has 3 N–H and O–H groups in total. The van der Waals surface area contributed by atoms with Gasteiger partial charge in [-0.1, -0.05) is 42.5 Å². The van der Waals surface area contributed by atoms with E-state index in [1.54, 1.807) is 36.4 Å². The Morgan fingerprint density at radius 1 is 0.808 bits per heavy atom. The van der Waals surface area contributed by atoms with Gasteiger partial charge in [0.25, 0.3) is 21.9 Å². The van der Waals surface area contributed by atoms with Crippen molar-refractivity contribution in [1.29, 1.82) is 0 Å². The molecule has 0 aromatic heterocycles. The van der Waals surface area contributed by atoms with Crippen molar-refractivity contribution < 1.29 is 27.7 Å². The van der Waals surface area contributed by atoms with Crippen LogP contribution in [0.5, 0.6) is 5.75 Å². The first-order valence-corrected chi connectivity index (χ1v) is 8.86. The van der Waals surface area contributed by atoms with Gasteiger partial charge in [0.2, 0.25) is 0 Å². The topological polar surface area (TPSA) is 121 Å². The average Bonchev–Trinajstić information content (AvgIpc) is 2.91. The van der Waals surface area contributed by atoms with E-state index in [-0.39, 0.29) is 21.8 Å². The molecule has 2 amide bonds. The number of amides is 2. The van der Waals surface area contributed by atoms with E-state index in [4.69, 9.17) is 4.55 Å². The Labute approximate surface area is 148 Å². The lowest BCUT2D eigenvalue weighted by molar-refractivity contribution is 0.0879. The molecule has 0 spiro atoms. The summed E-state index contributed by atoms with van der Waals surface area (Å²) in [7, 11) is -4.00. The summed E-state index contributed by atoms with van der Waals surface area (Å²) in [6, 6.07) is 16.0. The lowest BCUT2D eigenvalue weighted by atomic mass is 9.99. The summed E-state index contributed by atoms with van der Waals surface area (Å²) in [5.41, 5.74) is 0.337. The highest BCUT2D eigenvalue weighted by molar-refractivity contribution is 7.85. The van der Waals surface area contributed by atoms with E-state index in [1.807, 2.05) is 6.07 Å². The van der Waals surface area contributed by atoms with Gasteiger partial charge in [-0.25, -0.2) is 0 Å². The number of hydrogen-bond acceptors (Lipinski definition) is 5. The van der Waals surface area contributed by atoms with Gasteiger partial charge in [-0.3, -0.25) is 19.5 Å². The molecular formula is C18H13NO6S. The van der Waals surface area contributed by atoms with Gasteiger partial charge in [0.15, 0.2) is 0 Å². The third kappa shape index (κ3) is 3.28. The molecule has 0 radical (unpaired) electrons. The zero-order valence-corrected chi connectivity index (χ0v) is 14.0. The van der Waals surface area contributed by atoms with Gasteiger partial charge in [0, 0.05) is 0 Å². The number of phenolic OH excluding ortho intramolecular Hbond substituents is 1. The van der Waals surface area contributed by atoms with Crippen LogP contribution in [-0.2, 0) is 10.1 Å². The van der Waals surface area contributed by atoms with E-state index in [9.17, 15) is 23.1 Å². The van der Waals surface area contributed by atoms with E-state index in [1.165, 1.54) is 18.2 Å². The monoisotopic (exact) mass is 371 g/mol. The first kappa shape index (κ1) is 17.6. The van der Waals surface area contributed by atoms with Crippen LogP contribution in [0, 0.1) is 0 Å². The molecule has 7 nitrogen and oxygen atoms in total. The lowest BCUT2D eigenvalue weighted by Crippen LogP contribution is -2.20. The van der Waals surface area contributed by atoms with Crippen molar-refractivity contribution in [2.45, 2.75) is 4.90 Å². The Balaban J connectivity index is 0.000000170. The van der Waals surface area contributed by atoms with E-state index in [2.05, 4.69) is 5.32 Å². The van der Waals surface area contributed by atoms with E-state index >= 15 is 0 Å². The minimum Gasteiger partial charge on any atom is -0.507 e. The Morgan fingerprint density at radius 3 is 2.00 bits per heavy atom. The van der Waals surface area contributed by atoms with Crippen molar-refractivity contribution in [2.75, 3.05) is 0 Å². The number of imide groups is 1. The number of aromatic hydroxyl groups is 1. The molecule has 3 aromatic rings. The molecule has 8 heteroatoms.